The summed E-state index contributed by atoms with van der Waals surface area (Å²) in [5, 5.41) is 0. The second-order valence-electron chi connectivity index (χ2n) is 5.77. The summed E-state index contributed by atoms with van der Waals surface area (Å²) in [6, 6.07) is 12.0. The number of rotatable bonds is 3. The van der Waals surface area contributed by atoms with Crippen LogP contribution in [0.25, 0.3) is 6.08 Å². The van der Waals surface area contributed by atoms with Crippen LogP contribution in [0.5, 0.6) is 0 Å². The summed E-state index contributed by atoms with van der Waals surface area (Å²) < 4.78 is 2.77. The van der Waals surface area contributed by atoms with Gasteiger partial charge in [0.25, 0.3) is 5.91 Å². The van der Waals surface area contributed by atoms with Gasteiger partial charge in [0.05, 0.1) is 10.6 Å². The van der Waals surface area contributed by atoms with Crippen molar-refractivity contribution >= 4 is 46.0 Å². The molecule has 2 aromatic rings. The van der Waals surface area contributed by atoms with Gasteiger partial charge in [-0.3, -0.25) is 9.69 Å². The molecule has 1 fully saturated rings. The Balaban J connectivity index is 1.92. The van der Waals surface area contributed by atoms with E-state index < -0.39 is 0 Å². The molecule has 2 heterocycles. The van der Waals surface area contributed by atoms with Gasteiger partial charge in [0.15, 0.2) is 4.32 Å². The van der Waals surface area contributed by atoms with Crippen LogP contribution in [0.4, 0.5) is 5.69 Å². The first-order valence-corrected chi connectivity index (χ1v) is 8.71. The maximum atomic E-state index is 12.7. The first-order chi connectivity index (χ1) is 11.0. The van der Waals surface area contributed by atoms with Crippen molar-refractivity contribution in [1.82, 2.24) is 4.57 Å². The molecule has 3 rings (SSSR count). The number of aryl methyl sites for hydroxylation is 1. The molecule has 5 heteroatoms. The van der Waals surface area contributed by atoms with Crippen LogP contribution in [0.2, 0.25) is 0 Å². The lowest BCUT2D eigenvalue weighted by atomic mass is 10.2. The lowest BCUT2D eigenvalue weighted by Crippen LogP contribution is -2.27. The molecule has 0 atom stereocenters. The highest BCUT2D eigenvalue weighted by atomic mass is 32.2. The number of aromatic nitrogens is 1. The monoisotopic (exact) mass is 342 g/mol. The minimum atomic E-state index is -0.0545. The summed E-state index contributed by atoms with van der Waals surface area (Å²) in [4.78, 5) is 15.0. The second-order valence-corrected chi connectivity index (χ2v) is 7.44. The van der Waals surface area contributed by atoms with Gasteiger partial charge in [-0.05, 0) is 50.6 Å². The summed E-state index contributed by atoms with van der Waals surface area (Å²) in [6.07, 6.45) is 4.00. The van der Waals surface area contributed by atoms with E-state index in [0.717, 1.165) is 11.3 Å². The first kappa shape index (κ1) is 16.0. The summed E-state index contributed by atoms with van der Waals surface area (Å²) in [5.74, 6) is -0.0545. The number of carbonyl (C=O) groups excluding carboxylic acids is 1. The highest BCUT2D eigenvalue weighted by molar-refractivity contribution is 8.27. The maximum absolute atomic E-state index is 12.7. The van der Waals surface area contributed by atoms with Gasteiger partial charge in [0.1, 0.15) is 0 Å². The van der Waals surface area contributed by atoms with Crippen LogP contribution in [0, 0.1) is 6.92 Å². The van der Waals surface area contributed by atoms with Gasteiger partial charge < -0.3 is 4.57 Å². The van der Waals surface area contributed by atoms with E-state index in [1.807, 2.05) is 36.4 Å². The Labute approximate surface area is 146 Å². The van der Waals surface area contributed by atoms with Crippen molar-refractivity contribution in [2.24, 2.45) is 0 Å². The Morgan fingerprint density at radius 1 is 1.22 bits per heavy atom. The minimum absolute atomic E-state index is 0.0545. The number of thiocarbonyl (C=S) groups is 1. The zero-order valence-corrected chi connectivity index (χ0v) is 14.9. The molecule has 118 valence electrons. The van der Waals surface area contributed by atoms with E-state index in [9.17, 15) is 4.79 Å². The third kappa shape index (κ3) is 3.12. The number of carbonyl (C=O) groups is 1. The molecule has 1 aliphatic rings. The number of thioether (sulfide) groups is 1. The zero-order valence-electron chi connectivity index (χ0n) is 13.3. The number of amides is 1. The minimum Gasteiger partial charge on any atom is -0.349 e. The predicted molar refractivity (Wildman–Crippen MR) is 102 cm³/mol. The van der Waals surface area contributed by atoms with Crippen molar-refractivity contribution in [1.29, 1.82) is 0 Å². The molecular weight excluding hydrogens is 324 g/mol. The fourth-order valence-electron chi connectivity index (χ4n) is 2.67. The van der Waals surface area contributed by atoms with Crippen molar-refractivity contribution in [3.8, 4) is 0 Å². The Bertz CT molecular complexity index is 791. The highest BCUT2D eigenvalue weighted by Gasteiger charge is 2.33. The number of para-hydroxylation sites is 1. The van der Waals surface area contributed by atoms with E-state index in [2.05, 4.69) is 37.6 Å². The van der Waals surface area contributed by atoms with Crippen LogP contribution < -0.4 is 4.90 Å². The van der Waals surface area contributed by atoms with Gasteiger partial charge in [0.2, 0.25) is 0 Å². The fourth-order valence-corrected chi connectivity index (χ4v) is 3.97. The van der Waals surface area contributed by atoms with Gasteiger partial charge in [0, 0.05) is 17.9 Å². The molecule has 0 N–H and O–H groups in total. The van der Waals surface area contributed by atoms with Crippen molar-refractivity contribution in [2.45, 2.75) is 26.8 Å². The molecule has 1 aromatic heterocycles. The van der Waals surface area contributed by atoms with Gasteiger partial charge in [-0.15, -0.1) is 0 Å². The zero-order chi connectivity index (χ0) is 16.6. The molecule has 0 radical (unpaired) electrons. The molecule has 1 aromatic carbocycles. The average molecular weight is 342 g/mol. The molecule has 1 amide bonds. The van der Waals surface area contributed by atoms with Crippen LogP contribution in [0.15, 0.2) is 47.5 Å². The maximum Gasteiger partial charge on any atom is 0.270 e. The van der Waals surface area contributed by atoms with Gasteiger partial charge in [-0.25, -0.2) is 0 Å². The highest BCUT2D eigenvalue weighted by Crippen LogP contribution is 2.36. The quantitative estimate of drug-likeness (QED) is 0.593. The summed E-state index contributed by atoms with van der Waals surface area (Å²) >= 11 is 6.74. The Morgan fingerprint density at radius 3 is 2.52 bits per heavy atom. The van der Waals surface area contributed by atoms with E-state index in [1.54, 1.807) is 4.90 Å². The van der Waals surface area contributed by atoms with E-state index in [4.69, 9.17) is 12.2 Å². The topological polar surface area (TPSA) is 25.2 Å². The molecule has 3 nitrogen and oxygen atoms in total. The van der Waals surface area contributed by atoms with E-state index in [0.29, 0.717) is 15.3 Å². The third-order valence-corrected chi connectivity index (χ3v) is 5.04. The standard InChI is InChI=1S/C18H18N2OS2/c1-12(2)19-11-14(9-13(19)3)10-16-17(21)20(18(22)23-16)15-7-5-4-6-8-15/h4-12H,1-3H3/b16-10+. The van der Waals surface area contributed by atoms with Crippen LogP contribution in [0.1, 0.15) is 31.1 Å². The van der Waals surface area contributed by atoms with Crippen LogP contribution in [-0.4, -0.2) is 14.8 Å². The van der Waals surface area contributed by atoms with E-state index in [-0.39, 0.29) is 5.91 Å². The van der Waals surface area contributed by atoms with Crippen molar-refractivity contribution in [3.05, 3.63) is 58.8 Å². The van der Waals surface area contributed by atoms with Gasteiger partial charge in [-0.1, -0.05) is 42.2 Å². The Kier molecular flexibility index (Phi) is 4.41. The lowest BCUT2D eigenvalue weighted by Gasteiger charge is -2.13. The molecule has 1 aliphatic heterocycles. The third-order valence-electron chi connectivity index (χ3n) is 3.73. The predicted octanol–water partition coefficient (Wildman–Crippen LogP) is 4.78. The largest absolute Gasteiger partial charge is 0.349 e. The van der Waals surface area contributed by atoms with Gasteiger partial charge in [-0.2, -0.15) is 0 Å². The Morgan fingerprint density at radius 2 is 1.91 bits per heavy atom. The SMILES string of the molecule is Cc1cc(/C=C2/SC(=S)N(c3ccccc3)C2=O)cn1C(C)C. The molecule has 0 aliphatic carbocycles. The van der Waals surface area contributed by atoms with Crippen LogP contribution >= 0.6 is 24.0 Å². The Hall–Kier alpha value is -1.85. The molecular formula is C18H18N2OS2. The molecule has 1 saturated heterocycles. The van der Waals surface area contributed by atoms with Crippen molar-refractivity contribution in [2.75, 3.05) is 4.90 Å². The molecule has 0 spiro atoms. The number of hydrogen-bond acceptors (Lipinski definition) is 3. The fraction of sp³-hybridized carbons (Fsp3) is 0.222. The second kappa shape index (κ2) is 6.34. The van der Waals surface area contributed by atoms with Crippen LogP contribution in [0.3, 0.4) is 0 Å². The summed E-state index contributed by atoms with van der Waals surface area (Å²) in [6.45, 7) is 6.36. The number of nitrogens with zero attached hydrogens (tertiary/aromatic N) is 2. The van der Waals surface area contributed by atoms with Crippen molar-refractivity contribution in [3.63, 3.8) is 0 Å². The lowest BCUT2D eigenvalue weighted by molar-refractivity contribution is -0.113. The molecule has 23 heavy (non-hydrogen) atoms. The van der Waals surface area contributed by atoms with Gasteiger partial charge >= 0.3 is 0 Å². The summed E-state index contributed by atoms with van der Waals surface area (Å²) in [7, 11) is 0. The average Bonchev–Trinajstić information content (AvgIpc) is 3.01. The molecule has 0 saturated carbocycles. The van der Waals surface area contributed by atoms with E-state index in [1.165, 1.54) is 17.5 Å². The normalized spacial score (nSPS) is 16.9. The molecule has 0 unspecified atom stereocenters. The van der Waals surface area contributed by atoms with Crippen molar-refractivity contribution < 1.29 is 4.79 Å². The number of hydrogen-bond donors (Lipinski definition) is 0. The molecule has 0 bridgehead atoms. The van der Waals surface area contributed by atoms with E-state index >= 15 is 0 Å². The van der Waals surface area contributed by atoms with Crippen LogP contribution in [-0.2, 0) is 4.79 Å². The summed E-state index contributed by atoms with van der Waals surface area (Å²) in [5.41, 5.74) is 3.03. The number of anilines is 1. The smallest absolute Gasteiger partial charge is 0.270 e. The first-order valence-electron chi connectivity index (χ1n) is 7.49. The number of benzene rings is 1.